The monoisotopic (exact) mass is 444 g/mol. The summed E-state index contributed by atoms with van der Waals surface area (Å²) < 4.78 is 33.0. The van der Waals surface area contributed by atoms with Crippen LogP contribution in [0.2, 0.25) is 0 Å². The first-order chi connectivity index (χ1) is 14.6. The van der Waals surface area contributed by atoms with Crippen LogP contribution in [0.4, 0.5) is 11.4 Å². The van der Waals surface area contributed by atoms with E-state index in [1.54, 1.807) is 44.4 Å². The van der Waals surface area contributed by atoms with E-state index < -0.39 is 15.9 Å². The Bertz CT molecular complexity index is 1110. The Kier molecular flexibility index (Phi) is 8.02. The van der Waals surface area contributed by atoms with Gasteiger partial charge in [0.2, 0.25) is 10.0 Å². The van der Waals surface area contributed by atoms with Gasteiger partial charge >= 0.3 is 0 Å². The van der Waals surface area contributed by atoms with Crippen LogP contribution in [0.15, 0.2) is 35.9 Å². The number of carbonyl (C=O) groups is 1. The Morgan fingerprint density at radius 1 is 1.26 bits per heavy atom. The molecule has 1 unspecified atom stereocenters. The van der Waals surface area contributed by atoms with Gasteiger partial charge in [-0.3, -0.25) is 9.52 Å². The van der Waals surface area contributed by atoms with E-state index >= 15 is 0 Å². The zero-order valence-electron chi connectivity index (χ0n) is 18.4. The second-order valence-electron chi connectivity index (χ2n) is 7.21. The minimum Gasteiger partial charge on any atom is -0.383 e. The lowest BCUT2D eigenvalue weighted by molar-refractivity contribution is -0.112. The fourth-order valence-electron chi connectivity index (χ4n) is 3.32. The summed E-state index contributed by atoms with van der Waals surface area (Å²) in [6.45, 7) is 8.04. The van der Waals surface area contributed by atoms with Gasteiger partial charge in [-0.1, -0.05) is 0 Å². The predicted octanol–water partition coefficient (Wildman–Crippen LogP) is 3.62. The molecule has 0 bridgehead atoms. The first-order valence-corrected chi connectivity index (χ1v) is 11.5. The van der Waals surface area contributed by atoms with Crippen LogP contribution in [-0.4, -0.2) is 38.4 Å². The van der Waals surface area contributed by atoms with Gasteiger partial charge in [-0.2, -0.15) is 5.26 Å². The molecule has 0 radical (unpaired) electrons. The van der Waals surface area contributed by atoms with Crippen LogP contribution in [0.3, 0.4) is 0 Å². The molecule has 166 valence electrons. The number of rotatable bonds is 9. The second kappa shape index (κ2) is 10.3. The summed E-state index contributed by atoms with van der Waals surface area (Å²) in [5.41, 5.74) is 3.55. The molecule has 1 heterocycles. The minimum atomic E-state index is -3.38. The molecule has 2 rings (SSSR count). The summed E-state index contributed by atoms with van der Waals surface area (Å²) in [6.07, 6.45) is 1.57. The van der Waals surface area contributed by atoms with Crippen LogP contribution in [0.5, 0.6) is 0 Å². The molecule has 0 aliphatic carbocycles. The van der Waals surface area contributed by atoms with Gasteiger partial charge in [0, 0.05) is 29.9 Å². The maximum atomic E-state index is 12.6. The van der Waals surface area contributed by atoms with Gasteiger partial charge in [-0.25, -0.2) is 8.42 Å². The number of hydrogen-bond acceptors (Lipinski definition) is 5. The number of aromatic nitrogens is 1. The van der Waals surface area contributed by atoms with Gasteiger partial charge in [0.05, 0.1) is 18.4 Å². The molecule has 8 nitrogen and oxygen atoms in total. The van der Waals surface area contributed by atoms with Gasteiger partial charge in [-0.15, -0.1) is 0 Å². The van der Waals surface area contributed by atoms with Crippen molar-refractivity contribution in [2.45, 2.75) is 33.7 Å². The van der Waals surface area contributed by atoms with Crippen LogP contribution in [0.1, 0.15) is 36.8 Å². The van der Waals surface area contributed by atoms with E-state index in [2.05, 4.69) is 14.6 Å². The maximum absolute atomic E-state index is 12.6. The molecule has 9 heteroatoms. The Labute approximate surface area is 183 Å². The molecule has 0 spiro atoms. The van der Waals surface area contributed by atoms with Crippen LogP contribution in [0, 0.1) is 25.2 Å². The van der Waals surface area contributed by atoms with Crippen molar-refractivity contribution >= 4 is 33.4 Å². The molecule has 1 aromatic carbocycles. The topological polar surface area (TPSA) is 113 Å². The quantitative estimate of drug-likeness (QED) is 0.453. The number of amides is 1. The third-order valence-electron chi connectivity index (χ3n) is 4.83. The number of methoxy groups -OCH3 is 1. The van der Waals surface area contributed by atoms with E-state index in [0.717, 1.165) is 17.0 Å². The van der Waals surface area contributed by atoms with Crippen molar-refractivity contribution in [2.24, 2.45) is 0 Å². The van der Waals surface area contributed by atoms with Gasteiger partial charge in [0.1, 0.15) is 11.6 Å². The average Bonchev–Trinajstić information content (AvgIpc) is 3.00. The summed E-state index contributed by atoms with van der Waals surface area (Å²) in [5.74, 6) is -0.578. The molecular formula is C22H28N4O4S. The van der Waals surface area contributed by atoms with Gasteiger partial charge in [-0.05, 0) is 69.7 Å². The van der Waals surface area contributed by atoms with Crippen molar-refractivity contribution in [1.82, 2.24) is 4.57 Å². The number of aryl methyl sites for hydroxylation is 1. The molecule has 1 amide bonds. The molecule has 1 aromatic heterocycles. The number of carbonyl (C=O) groups excluding carboxylic acids is 1. The van der Waals surface area contributed by atoms with Crippen molar-refractivity contribution in [3.05, 3.63) is 52.9 Å². The Morgan fingerprint density at radius 2 is 1.87 bits per heavy atom. The van der Waals surface area contributed by atoms with E-state index in [1.165, 1.54) is 0 Å². The largest absolute Gasteiger partial charge is 0.383 e. The van der Waals surface area contributed by atoms with Crippen molar-refractivity contribution < 1.29 is 17.9 Å². The molecule has 31 heavy (non-hydrogen) atoms. The number of nitrogens with one attached hydrogen (secondary N) is 2. The zero-order chi connectivity index (χ0) is 23.2. The summed E-state index contributed by atoms with van der Waals surface area (Å²) >= 11 is 0. The highest BCUT2D eigenvalue weighted by Gasteiger charge is 2.16. The zero-order valence-corrected chi connectivity index (χ0v) is 19.2. The molecular weight excluding hydrogens is 416 g/mol. The standard InChI is InChI=1S/C22H28N4O4S/c1-6-31(28,29)25-21-9-7-20(8-10-21)24-22(27)19(13-23)12-18-11-15(2)26(17(18)4)16(3)14-30-5/h7-12,16,25H,6,14H2,1-5H3,(H,24,27)/b19-12-. The highest BCUT2D eigenvalue weighted by Crippen LogP contribution is 2.23. The van der Waals surface area contributed by atoms with Gasteiger partial charge in [0.25, 0.3) is 5.91 Å². The molecule has 2 N–H and O–H groups in total. The smallest absolute Gasteiger partial charge is 0.266 e. The lowest BCUT2D eigenvalue weighted by Crippen LogP contribution is -2.15. The van der Waals surface area contributed by atoms with Crippen molar-refractivity contribution in [3.63, 3.8) is 0 Å². The minimum absolute atomic E-state index is 0.0320. The Hall–Kier alpha value is -3.09. The van der Waals surface area contributed by atoms with Gasteiger partial charge in [0.15, 0.2) is 0 Å². The number of sulfonamides is 1. The number of anilines is 2. The van der Waals surface area contributed by atoms with E-state index in [9.17, 15) is 18.5 Å². The number of benzene rings is 1. The van der Waals surface area contributed by atoms with E-state index in [4.69, 9.17) is 4.74 Å². The summed E-state index contributed by atoms with van der Waals surface area (Å²) in [4.78, 5) is 12.6. The van der Waals surface area contributed by atoms with Crippen LogP contribution < -0.4 is 10.0 Å². The fourth-order valence-corrected chi connectivity index (χ4v) is 3.96. The fraction of sp³-hybridized carbons (Fsp3) is 0.364. The highest BCUT2D eigenvalue weighted by atomic mass is 32.2. The summed E-state index contributed by atoms with van der Waals surface area (Å²) in [7, 11) is -1.73. The van der Waals surface area contributed by atoms with Crippen molar-refractivity contribution in [3.8, 4) is 6.07 Å². The first-order valence-electron chi connectivity index (χ1n) is 9.82. The molecule has 1 atom stereocenters. The SMILES string of the molecule is CCS(=O)(=O)Nc1ccc(NC(=O)/C(C#N)=C\c2cc(C)n(C(C)COC)c2C)cc1. The molecule has 2 aromatic rings. The summed E-state index contributed by atoms with van der Waals surface area (Å²) in [5, 5.41) is 12.2. The van der Waals surface area contributed by atoms with E-state index in [0.29, 0.717) is 18.0 Å². The third-order valence-corrected chi connectivity index (χ3v) is 6.14. The first kappa shape index (κ1) is 24.2. The molecule has 0 fully saturated rings. The van der Waals surface area contributed by atoms with Gasteiger partial charge < -0.3 is 14.6 Å². The van der Waals surface area contributed by atoms with Crippen LogP contribution in [0.25, 0.3) is 6.08 Å². The molecule has 0 saturated carbocycles. The van der Waals surface area contributed by atoms with Crippen molar-refractivity contribution in [1.29, 1.82) is 5.26 Å². The molecule has 0 aliphatic rings. The third kappa shape index (κ3) is 6.20. The Morgan fingerprint density at radius 3 is 2.42 bits per heavy atom. The second-order valence-corrected chi connectivity index (χ2v) is 9.22. The number of hydrogen-bond donors (Lipinski definition) is 2. The van der Waals surface area contributed by atoms with Crippen LogP contribution in [-0.2, 0) is 19.6 Å². The molecule has 0 saturated heterocycles. The van der Waals surface area contributed by atoms with Crippen LogP contribution >= 0.6 is 0 Å². The normalized spacial score (nSPS) is 12.8. The summed E-state index contributed by atoms with van der Waals surface area (Å²) in [6, 6.07) is 10.2. The average molecular weight is 445 g/mol. The predicted molar refractivity (Wildman–Crippen MR) is 122 cm³/mol. The van der Waals surface area contributed by atoms with E-state index in [1.807, 2.05) is 32.9 Å². The maximum Gasteiger partial charge on any atom is 0.266 e. The van der Waals surface area contributed by atoms with Crippen molar-refractivity contribution in [2.75, 3.05) is 29.5 Å². The number of nitriles is 1. The lowest BCUT2D eigenvalue weighted by Gasteiger charge is -2.17. The number of ether oxygens (including phenoxy) is 1. The van der Waals surface area contributed by atoms with E-state index in [-0.39, 0.29) is 17.4 Å². The molecule has 0 aliphatic heterocycles. The number of nitrogens with zero attached hydrogens (tertiary/aromatic N) is 2. The highest BCUT2D eigenvalue weighted by molar-refractivity contribution is 7.92. The lowest BCUT2D eigenvalue weighted by atomic mass is 10.1. The Balaban J connectivity index is 2.20.